The molecule has 2 aliphatic rings. The Morgan fingerprint density at radius 2 is 1.50 bits per heavy atom. The molecule has 0 aliphatic carbocycles. The zero-order valence-corrected chi connectivity index (χ0v) is 14.0. The molecule has 2 fully saturated rings. The number of carbonyl (C=O) groups is 1. The van der Waals surface area contributed by atoms with Gasteiger partial charge >= 0.3 is 5.97 Å². The molecule has 2 rings (SSSR count). The molecule has 0 spiro atoms. The topological polar surface area (TPSA) is 196 Å². The molecule has 152 valence electrons. The van der Waals surface area contributed by atoms with E-state index in [-0.39, 0.29) is 0 Å². The summed E-state index contributed by atoms with van der Waals surface area (Å²) >= 11 is 0. The molecule has 0 unspecified atom stereocenters. The van der Waals surface area contributed by atoms with Crippen LogP contribution in [0.2, 0.25) is 0 Å². The van der Waals surface area contributed by atoms with Crippen molar-refractivity contribution in [3.8, 4) is 0 Å². The first-order chi connectivity index (χ1) is 12.2. The lowest BCUT2D eigenvalue weighted by atomic mass is 10.0. The minimum Gasteiger partial charge on any atom is -0.454 e. The SMILES string of the molecule is CC(=O)O[C@H]1[C@H](O)[C@@H](CO)O[C@@]1(CO)O[C@H]1[C@H](O)[C@@H](CO)O[C@]1(O)CO. The highest BCUT2D eigenvalue weighted by Crippen LogP contribution is 2.40. The van der Waals surface area contributed by atoms with Crippen LogP contribution in [0.4, 0.5) is 0 Å². The average Bonchev–Trinajstić information content (AvgIpc) is 3.02. The van der Waals surface area contributed by atoms with Gasteiger partial charge in [-0.25, -0.2) is 0 Å². The van der Waals surface area contributed by atoms with Gasteiger partial charge < -0.3 is 54.7 Å². The Morgan fingerprint density at radius 3 is 1.96 bits per heavy atom. The molecule has 26 heavy (non-hydrogen) atoms. The van der Waals surface area contributed by atoms with Crippen molar-refractivity contribution >= 4 is 5.97 Å². The quantitative estimate of drug-likeness (QED) is 0.207. The third-order valence-electron chi connectivity index (χ3n) is 4.39. The molecular weight excluding hydrogens is 360 g/mol. The van der Waals surface area contributed by atoms with Gasteiger partial charge in [0.05, 0.1) is 19.8 Å². The van der Waals surface area contributed by atoms with Crippen LogP contribution in [0.1, 0.15) is 6.92 Å². The first-order valence-corrected chi connectivity index (χ1v) is 7.90. The summed E-state index contributed by atoms with van der Waals surface area (Å²) in [6, 6.07) is 0. The van der Waals surface area contributed by atoms with Crippen LogP contribution in [0, 0.1) is 0 Å². The molecule has 0 amide bonds. The summed E-state index contributed by atoms with van der Waals surface area (Å²) in [4.78, 5) is 11.3. The van der Waals surface area contributed by atoms with Crippen molar-refractivity contribution in [2.45, 2.75) is 55.1 Å². The van der Waals surface area contributed by atoms with Crippen LogP contribution in [-0.2, 0) is 23.7 Å². The fourth-order valence-corrected chi connectivity index (χ4v) is 3.10. The molecule has 2 aliphatic heterocycles. The number of hydrogen-bond acceptors (Lipinski definition) is 12. The van der Waals surface area contributed by atoms with E-state index in [1.54, 1.807) is 0 Å². The van der Waals surface area contributed by atoms with Gasteiger partial charge in [0.1, 0.15) is 37.1 Å². The molecule has 8 atom stereocenters. The third-order valence-corrected chi connectivity index (χ3v) is 4.39. The van der Waals surface area contributed by atoms with Crippen LogP contribution in [0.5, 0.6) is 0 Å². The van der Waals surface area contributed by atoms with E-state index in [1.165, 1.54) is 0 Å². The number of aliphatic hydroxyl groups excluding tert-OH is 6. The van der Waals surface area contributed by atoms with E-state index in [9.17, 15) is 40.5 Å². The summed E-state index contributed by atoms with van der Waals surface area (Å²) in [6.45, 7) is -2.45. The lowest BCUT2D eigenvalue weighted by Crippen LogP contribution is -2.58. The Morgan fingerprint density at radius 1 is 0.962 bits per heavy atom. The van der Waals surface area contributed by atoms with E-state index in [4.69, 9.17) is 18.9 Å². The summed E-state index contributed by atoms with van der Waals surface area (Å²) in [6.07, 6.45) is -9.24. The molecular formula is C14H24O12. The zero-order chi connectivity index (χ0) is 19.7. The van der Waals surface area contributed by atoms with Crippen molar-refractivity contribution in [3.05, 3.63) is 0 Å². The van der Waals surface area contributed by atoms with Crippen molar-refractivity contribution < 1.29 is 59.5 Å². The van der Waals surface area contributed by atoms with Crippen molar-refractivity contribution in [2.75, 3.05) is 26.4 Å². The lowest BCUT2D eigenvalue weighted by molar-refractivity contribution is -0.343. The van der Waals surface area contributed by atoms with Gasteiger partial charge in [-0.2, -0.15) is 0 Å². The maximum Gasteiger partial charge on any atom is 0.303 e. The van der Waals surface area contributed by atoms with Crippen molar-refractivity contribution in [1.82, 2.24) is 0 Å². The summed E-state index contributed by atoms with van der Waals surface area (Å²) < 4.78 is 20.7. The van der Waals surface area contributed by atoms with E-state index in [0.717, 1.165) is 6.92 Å². The second-order valence-corrected chi connectivity index (χ2v) is 6.20. The molecule has 0 saturated carbocycles. The minimum atomic E-state index is -2.47. The Bertz CT molecular complexity index is 502. The number of aliphatic hydroxyl groups is 7. The van der Waals surface area contributed by atoms with E-state index in [0.29, 0.717) is 0 Å². The first-order valence-electron chi connectivity index (χ1n) is 7.90. The molecule has 0 radical (unpaired) electrons. The number of rotatable bonds is 7. The van der Waals surface area contributed by atoms with Crippen molar-refractivity contribution in [1.29, 1.82) is 0 Å². The largest absolute Gasteiger partial charge is 0.454 e. The van der Waals surface area contributed by atoms with Crippen LogP contribution in [0.3, 0.4) is 0 Å². The predicted molar refractivity (Wildman–Crippen MR) is 78.2 cm³/mol. The van der Waals surface area contributed by atoms with Gasteiger partial charge in [0.25, 0.3) is 0 Å². The van der Waals surface area contributed by atoms with Crippen LogP contribution >= 0.6 is 0 Å². The Labute approximate surface area is 148 Å². The third kappa shape index (κ3) is 3.57. The maximum atomic E-state index is 11.3. The van der Waals surface area contributed by atoms with Gasteiger partial charge in [0.2, 0.25) is 11.6 Å². The average molecular weight is 384 g/mol. The number of esters is 1. The number of carbonyl (C=O) groups excluding carboxylic acids is 1. The first kappa shape index (κ1) is 21.4. The molecule has 0 aromatic carbocycles. The second kappa shape index (κ2) is 7.98. The Balaban J connectivity index is 2.36. The molecule has 0 bridgehead atoms. The fraction of sp³-hybridized carbons (Fsp3) is 0.929. The van der Waals surface area contributed by atoms with E-state index in [1.807, 2.05) is 0 Å². The van der Waals surface area contributed by atoms with Crippen LogP contribution in [0.15, 0.2) is 0 Å². The van der Waals surface area contributed by atoms with Gasteiger partial charge in [-0.1, -0.05) is 0 Å². The van der Waals surface area contributed by atoms with Crippen LogP contribution < -0.4 is 0 Å². The highest BCUT2D eigenvalue weighted by molar-refractivity contribution is 5.66. The Hall–Kier alpha value is -0.930. The molecule has 12 heteroatoms. The molecule has 12 nitrogen and oxygen atoms in total. The highest BCUT2D eigenvalue weighted by atomic mass is 16.8. The standard InChI is InChI=1S/C14H24O12/c1-6(19)23-12-10(21)8(3-16)25-14(12,5-18)26-11-9(20)7(2-15)24-13(11,22)4-17/h7-12,15-18,20-22H,2-5H2,1H3/t7-,8-,9-,10-,11+,12+,13-,14+/m1/s1. The monoisotopic (exact) mass is 384 g/mol. The summed E-state index contributed by atoms with van der Waals surface area (Å²) in [7, 11) is 0. The molecule has 2 saturated heterocycles. The van der Waals surface area contributed by atoms with Gasteiger partial charge in [-0.05, 0) is 0 Å². The second-order valence-electron chi connectivity index (χ2n) is 6.20. The van der Waals surface area contributed by atoms with E-state index >= 15 is 0 Å². The molecule has 7 N–H and O–H groups in total. The van der Waals surface area contributed by atoms with Gasteiger partial charge in [0.15, 0.2) is 6.10 Å². The number of ether oxygens (including phenoxy) is 4. The maximum absolute atomic E-state index is 11.3. The smallest absolute Gasteiger partial charge is 0.303 e. The summed E-state index contributed by atoms with van der Waals surface area (Å²) in [5, 5.41) is 68.4. The highest BCUT2D eigenvalue weighted by Gasteiger charge is 2.64. The van der Waals surface area contributed by atoms with Gasteiger partial charge in [-0.15, -0.1) is 0 Å². The molecule has 2 heterocycles. The normalized spacial score (nSPS) is 45.8. The zero-order valence-electron chi connectivity index (χ0n) is 14.0. The van der Waals surface area contributed by atoms with Gasteiger partial charge in [0, 0.05) is 6.92 Å². The summed E-state index contributed by atoms with van der Waals surface area (Å²) in [5.41, 5.74) is 0. The number of hydrogen-bond donors (Lipinski definition) is 7. The predicted octanol–water partition coefficient (Wildman–Crippen LogP) is -4.82. The minimum absolute atomic E-state index is 0.711. The van der Waals surface area contributed by atoms with Crippen molar-refractivity contribution in [3.63, 3.8) is 0 Å². The Kier molecular flexibility index (Phi) is 6.56. The fourth-order valence-electron chi connectivity index (χ4n) is 3.10. The van der Waals surface area contributed by atoms with Crippen LogP contribution in [0.25, 0.3) is 0 Å². The van der Waals surface area contributed by atoms with Crippen LogP contribution in [-0.4, -0.2) is 116 Å². The molecule has 0 aromatic rings. The van der Waals surface area contributed by atoms with Crippen molar-refractivity contribution in [2.24, 2.45) is 0 Å². The van der Waals surface area contributed by atoms with E-state index in [2.05, 4.69) is 0 Å². The summed E-state index contributed by atoms with van der Waals surface area (Å²) in [5.74, 6) is -5.60. The van der Waals surface area contributed by atoms with Gasteiger partial charge in [-0.3, -0.25) is 4.79 Å². The molecule has 0 aromatic heterocycles. The van der Waals surface area contributed by atoms with E-state index < -0.39 is 80.6 Å². The lowest BCUT2D eigenvalue weighted by Gasteiger charge is -2.38.